The van der Waals surface area contributed by atoms with Gasteiger partial charge in [-0.1, -0.05) is 6.07 Å². The molecule has 0 radical (unpaired) electrons. The molecule has 0 N–H and O–H groups in total. The number of aromatic nitrogens is 2. The zero-order chi connectivity index (χ0) is 14.7. The van der Waals surface area contributed by atoms with E-state index in [1.54, 1.807) is 6.07 Å². The Balaban J connectivity index is 1.66. The Hall–Kier alpha value is -2.67. The SMILES string of the molecule is O=C(OCc1coc(-c2cccs2)n1)c1cccc[n+]1[O-]. The van der Waals surface area contributed by atoms with Crippen LogP contribution in [0.25, 0.3) is 10.8 Å². The summed E-state index contributed by atoms with van der Waals surface area (Å²) in [6.45, 7) is -0.0530. The fourth-order valence-corrected chi connectivity index (χ4v) is 2.34. The third-order valence-corrected chi connectivity index (χ3v) is 3.53. The van der Waals surface area contributed by atoms with Crippen molar-refractivity contribution in [2.45, 2.75) is 6.61 Å². The number of nitrogens with zero attached hydrogens (tertiary/aromatic N) is 2. The average Bonchev–Trinajstić information content (AvgIpc) is 3.16. The van der Waals surface area contributed by atoms with Crippen molar-refractivity contribution in [1.82, 2.24) is 4.98 Å². The van der Waals surface area contributed by atoms with Gasteiger partial charge in [0.25, 0.3) is 0 Å². The minimum Gasteiger partial charge on any atom is -0.618 e. The van der Waals surface area contributed by atoms with Crippen molar-refractivity contribution in [3.05, 3.63) is 64.8 Å². The maximum absolute atomic E-state index is 11.8. The van der Waals surface area contributed by atoms with Gasteiger partial charge in [-0.3, -0.25) is 0 Å². The Bertz CT molecular complexity index is 752. The maximum atomic E-state index is 11.8. The second-order valence-electron chi connectivity index (χ2n) is 4.11. The Morgan fingerprint density at radius 1 is 1.38 bits per heavy atom. The number of carbonyl (C=O) groups excluding carboxylic acids is 1. The van der Waals surface area contributed by atoms with Crippen molar-refractivity contribution < 1.29 is 18.7 Å². The third-order valence-electron chi connectivity index (χ3n) is 2.67. The van der Waals surface area contributed by atoms with Crippen molar-refractivity contribution in [2.75, 3.05) is 0 Å². The van der Waals surface area contributed by atoms with E-state index in [1.807, 2.05) is 17.5 Å². The van der Waals surface area contributed by atoms with Crippen LogP contribution in [0.2, 0.25) is 0 Å². The van der Waals surface area contributed by atoms with Crippen LogP contribution in [0.4, 0.5) is 0 Å². The number of esters is 1. The molecule has 0 atom stereocenters. The van der Waals surface area contributed by atoms with E-state index < -0.39 is 5.97 Å². The summed E-state index contributed by atoms with van der Waals surface area (Å²) in [6.07, 6.45) is 2.67. The van der Waals surface area contributed by atoms with Gasteiger partial charge in [-0.05, 0) is 17.5 Å². The van der Waals surface area contributed by atoms with E-state index >= 15 is 0 Å². The van der Waals surface area contributed by atoms with E-state index in [2.05, 4.69) is 4.98 Å². The first-order valence-corrected chi connectivity index (χ1v) is 6.95. The topological polar surface area (TPSA) is 79.3 Å². The molecular weight excluding hydrogens is 292 g/mol. The van der Waals surface area contributed by atoms with E-state index in [0.29, 0.717) is 16.3 Å². The second-order valence-corrected chi connectivity index (χ2v) is 5.06. The fourth-order valence-electron chi connectivity index (χ4n) is 1.69. The second kappa shape index (κ2) is 5.76. The summed E-state index contributed by atoms with van der Waals surface area (Å²) < 4.78 is 10.8. The molecule has 3 heterocycles. The molecule has 3 aromatic heterocycles. The summed E-state index contributed by atoms with van der Waals surface area (Å²) in [4.78, 5) is 16.9. The number of thiophene rings is 1. The van der Waals surface area contributed by atoms with Crippen LogP contribution in [-0.2, 0) is 11.3 Å². The van der Waals surface area contributed by atoms with Crippen LogP contribution >= 0.6 is 11.3 Å². The zero-order valence-corrected chi connectivity index (χ0v) is 11.6. The van der Waals surface area contributed by atoms with E-state index in [-0.39, 0.29) is 12.3 Å². The third kappa shape index (κ3) is 2.92. The number of hydrogen-bond acceptors (Lipinski definition) is 6. The highest BCUT2D eigenvalue weighted by Crippen LogP contribution is 2.23. The lowest BCUT2D eigenvalue weighted by atomic mass is 10.3. The van der Waals surface area contributed by atoms with Crippen LogP contribution in [0.1, 0.15) is 16.2 Å². The molecule has 0 fully saturated rings. The van der Waals surface area contributed by atoms with Gasteiger partial charge in [0, 0.05) is 12.1 Å². The standard InChI is InChI=1S/C14H10N2O4S/c17-14(11-4-1-2-6-16(11)18)20-9-10-8-19-13(15-10)12-5-3-7-21-12/h1-8H,9H2. The largest absolute Gasteiger partial charge is 0.618 e. The number of rotatable bonds is 4. The van der Waals surface area contributed by atoms with E-state index in [0.717, 1.165) is 4.88 Å². The summed E-state index contributed by atoms with van der Waals surface area (Å²) in [5, 5.41) is 13.3. The fraction of sp³-hybridized carbons (Fsp3) is 0.0714. The van der Waals surface area contributed by atoms with Crippen LogP contribution in [0.5, 0.6) is 0 Å². The normalized spacial score (nSPS) is 10.5. The Kier molecular flexibility index (Phi) is 3.65. The zero-order valence-electron chi connectivity index (χ0n) is 10.8. The molecule has 106 valence electrons. The highest BCUT2D eigenvalue weighted by atomic mass is 32.1. The molecule has 0 aliphatic heterocycles. The van der Waals surface area contributed by atoms with Crippen molar-refractivity contribution in [2.24, 2.45) is 0 Å². The molecule has 0 aliphatic rings. The van der Waals surface area contributed by atoms with Crippen LogP contribution in [0, 0.1) is 5.21 Å². The molecule has 7 heteroatoms. The summed E-state index contributed by atoms with van der Waals surface area (Å²) >= 11 is 1.50. The van der Waals surface area contributed by atoms with Crippen molar-refractivity contribution in [3.8, 4) is 10.8 Å². The van der Waals surface area contributed by atoms with Gasteiger partial charge in [0.1, 0.15) is 18.6 Å². The van der Waals surface area contributed by atoms with Crippen molar-refractivity contribution >= 4 is 17.3 Å². The molecule has 0 amide bonds. The number of hydrogen-bond donors (Lipinski definition) is 0. The van der Waals surface area contributed by atoms with E-state index in [9.17, 15) is 10.0 Å². The molecule has 0 saturated heterocycles. The highest BCUT2D eigenvalue weighted by molar-refractivity contribution is 7.13. The van der Waals surface area contributed by atoms with Crippen LogP contribution < -0.4 is 4.73 Å². The molecule has 0 bridgehead atoms. The highest BCUT2D eigenvalue weighted by Gasteiger charge is 2.17. The number of ether oxygens (including phenoxy) is 1. The van der Waals surface area contributed by atoms with Gasteiger partial charge in [0.15, 0.2) is 6.20 Å². The number of oxazole rings is 1. The predicted octanol–water partition coefficient (Wildman–Crippen LogP) is 2.39. The molecule has 3 rings (SSSR count). The Labute approximate surface area is 123 Å². The van der Waals surface area contributed by atoms with Crippen molar-refractivity contribution in [1.29, 1.82) is 0 Å². The summed E-state index contributed by atoms with van der Waals surface area (Å²) in [5.41, 5.74) is 0.416. The smallest absolute Gasteiger partial charge is 0.405 e. The molecule has 21 heavy (non-hydrogen) atoms. The Morgan fingerprint density at radius 2 is 2.29 bits per heavy atom. The first kappa shape index (κ1) is 13.3. The molecule has 3 aromatic rings. The van der Waals surface area contributed by atoms with Crippen LogP contribution in [0.15, 0.2) is 52.6 Å². The van der Waals surface area contributed by atoms with Crippen LogP contribution in [0.3, 0.4) is 0 Å². The molecule has 0 spiro atoms. The lowest BCUT2D eigenvalue weighted by molar-refractivity contribution is -0.608. The maximum Gasteiger partial charge on any atom is 0.405 e. The molecule has 6 nitrogen and oxygen atoms in total. The van der Waals surface area contributed by atoms with Gasteiger partial charge in [0.05, 0.1) is 4.88 Å². The lowest BCUT2D eigenvalue weighted by Crippen LogP contribution is -2.34. The van der Waals surface area contributed by atoms with Gasteiger partial charge in [-0.15, -0.1) is 11.3 Å². The molecular formula is C14H10N2O4S. The Morgan fingerprint density at radius 3 is 3.05 bits per heavy atom. The summed E-state index contributed by atoms with van der Waals surface area (Å²) in [7, 11) is 0. The predicted molar refractivity (Wildman–Crippen MR) is 74.3 cm³/mol. The van der Waals surface area contributed by atoms with Crippen LogP contribution in [-0.4, -0.2) is 11.0 Å². The summed E-state index contributed by atoms with van der Waals surface area (Å²) in [6, 6.07) is 8.31. The van der Waals surface area contributed by atoms with Gasteiger partial charge in [-0.2, -0.15) is 4.73 Å². The van der Waals surface area contributed by atoms with Crippen molar-refractivity contribution in [3.63, 3.8) is 0 Å². The molecule has 0 saturated carbocycles. The van der Waals surface area contributed by atoms with Gasteiger partial charge in [-0.25, -0.2) is 9.78 Å². The van der Waals surface area contributed by atoms with Gasteiger partial charge >= 0.3 is 11.7 Å². The average molecular weight is 302 g/mol. The molecule has 0 aromatic carbocycles. The van der Waals surface area contributed by atoms with Gasteiger partial charge < -0.3 is 14.4 Å². The number of pyridine rings is 1. The first-order chi connectivity index (χ1) is 10.2. The number of carbonyl (C=O) groups is 1. The quantitative estimate of drug-likeness (QED) is 0.420. The van der Waals surface area contributed by atoms with Gasteiger partial charge in [0.2, 0.25) is 5.89 Å². The minimum atomic E-state index is -0.703. The minimum absolute atomic E-state index is 0.0530. The lowest BCUT2D eigenvalue weighted by Gasteiger charge is -2.03. The molecule has 0 aliphatic carbocycles. The molecule has 0 unspecified atom stereocenters. The van der Waals surface area contributed by atoms with E-state index in [1.165, 1.54) is 35.9 Å². The van der Waals surface area contributed by atoms with E-state index in [4.69, 9.17) is 9.15 Å². The monoisotopic (exact) mass is 302 g/mol. The summed E-state index contributed by atoms with van der Waals surface area (Å²) in [5.74, 6) is -0.221. The first-order valence-electron chi connectivity index (χ1n) is 6.07.